The molecule has 17 nitrogen and oxygen atoms in total. The topological polar surface area (TPSA) is 237 Å². The maximum atomic E-state index is 13.1. The Balaban J connectivity index is 5.23. The lowest BCUT2D eigenvalue weighted by atomic mass is 9.99. The zero-order valence-corrected chi connectivity index (χ0v) is 65.9. The van der Waals surface area contributed by atoms with E-state index in [4.69, 9.17) is 37.0 Å². The molecule has 0 radical (unpaired) electrons. The van der Waals surface area contributed by atoms with Crippen molar-refractivity contribution in [2.24, 2.45) is 11.8 Å². The van der Waals surface area contributed by atoms with Crippen LogP contribution in [0.3, 0.4) is 0 Å². The van der Waals surface area contributed by atoms with E-state index in [-0.39, 0.29) is 25.7 Å². The van der Waals surface area contributed by atoms with Gasteiger partial charge >= 0.3 is 39.5 Å². The molecule has 0 aliphatic rings. The fourth-order valence-electron chi connectivity index (χ4n) is 12.2. The summed E-state index contributed by atoms with van der Waals surface area (Å²) in [4.78, 5) is 72.9. The summed E-state index contributed by atoms with van der Waals surface area (Å²) >= 11 is 0. The lowest BCUT2D eigenvalue weighted by molar-refractivity contribution is -0.161. The van der Waals surface area contributed by atoms with Crippen LogP contribution in [0, 0.1) is 11.8 Å². The molecule has 0 bridgehead atoms. The summed E-state index contributed by atoms with van der Waals surface area (Å²) in [5.74, 6) is -0.586. The second kappa shape index (κ2) is 70.7. The van der Waals surface area contributed by atoms with Crippen molar-refractivity contribution in [1.82, 2.24) is 0 Å². The average Bonchev–Trinajstić information content (AvgIpc) is 1.34. The Bertz CT molecular complexity index is 1890. The number of phosphoric acid groups is 2. The van der Waals surface area contributed by atoms with Crippen molar-refractivity contribution in [3.05, 3.63) is 0 Å². The molecule has 0 saturated carbocycles. The molecule has 0 aliphatic heterocycles. The molecule has 0 aromatic rings. The molecular formula is C79H154O17P2. The van der Waals surface area contributed by atoms with E-state index in [1.807, 2.05) is 0 Å². The zero-order valence-electron chi connectivity index (χ0n) is 64.1. The summed E-state index contributed by atoms with van der Waals surface area (Å²) in [7, 11) is -9.92. The van der Waals surface area contributed by atoms with Crippen LogP contribution in [0.2, 0.25) is 0 Å². The molecule has 19 heteroatoms. The first kappa shape index (κ1) is 96.1. The third-order valence-corrected chi connectivity index (χ3v) is 20.7. The SMILES string of the molecule is CCCCCCCCCCCCCCCCCCC(=O)OC[C@H](COP(=O)(O)OC[C@@H](O)COP(=O)(O)OC[C@@H](COC(=O)CCCCCCCCC(C)C)OC(=O)CCCCCCCCCCCCCCCCC)OC(=O)CCCCCCCCCCCCCCCCC(C)CC. The van der Waals surface area contributed by atoms with Gasteiger partial charge < -0.3 is 33.8 Å². The summed E-state index contributed by atoms with van der Waals surface area (Å²) in [6.07, 6.45) is 59.7. The van der Waals surface area contributed by atoms with E-state index in [0.717, 1.165) is 102 Å². The van der Waals surface area contributed by atoms with Gasteiger partial charge in [0.2, 0.25) is 0 Å². The molecule has 0 spiro atoms. The van der Waals surface area contributed by atoms with Gasteiger partial charge in [0, 0.05) is 25.7 Å². The number of aliphatic hydroxyl groups excluding tert-OH is 1. The van der Waals surface area contributed by atoms with Gasteiger partial charge in [-0.3, -0.25) is 37.3 Å². The highest BCUT2D eigenvalue weighted by Crippen LogP contribution is 2.45. The number of carbonyl (C=O) groups is 4. The van der Waals surface area contributed by atoms with Crippen LogP contribution in [-0.2, 0) is 65.4 Å². The highest BCUT2D eigenvalue weighted by Gasteiger charge is 2.30. The standard InChI is InChI=1S/C79H154O17P2/c1-7-10-12-14-16-18-20-22-24-26-30-34-38-42-49-55-61-76(81)89-67-74(95-78(83)63-58-52-44-40-36-32-28-27-29-33-37-41-48-54-60-72(6)9-3)69-93-97(85,86)91-65-73(80)66-92-98(87,88)94-70-75(68-90-77(82)62-56-50-46-45-47-53-59-71(4)5)96-79(84)64-57-51-43-39-35-31-25-23-21-19-17-15-13-11-8-2/h71-75,80H,7-70H2,1-6H3,(H,85,86)(H,87,88)/t72?,73-,74-,75-/m1/s1. The van der Waals surface area contributed by atoms with Gasteiger partial charge in [-0.05, 0) is 37.5 Å². The Morgan fingerprint density at radius 1 is 0.296 bits per heavy atom. The van der Waals surface area contributed by atoms with Crippen LogP contribution in [0.15, 0.2) is 0 Å². The Hall–Kier alpha value is -1.94. The predicted molar refractivity (Wildman–Crippen MR) is 400 cm³/mol. The first-order chi connectivity index (χ1) is 47.4. The van der Waals surface area contributed by atoms with Crippen molar-refractivity contribution in [2.75, 3.05) is 39.6 Å². The molecule has 0 rings (SSSR count). The second-order valence-corrected chi connectivity index (χ2v) is 32.1. The normalized spacial score (nSPS) is 14.2. The van der Waals surface area contributed by atoms with Crippen LogP contribution in [0.4, 0.5) is 0 Å². The Kier molecular flexibility index (Phi) is 69.3. The summed E-state index contributed by atoms with van der Waals surface area (Å²) in [5.41, 5.74) is 0. The number of hydrogen-bond acceptors (Lipinski definition) is 15. The van der Waals surface area contributed by atoms with Gasteiger partial charge in [-0.2, -0.15) is 0 Å². The van der Waals surface area contributed by atoms with Crippen molar-refractivity contribution in [3.63, 3.8) is 0 Å². The number of phosphoric ester groups is 2. The van der Waals surface area contributed by atoms with E-state index in [1.165, 1.54) is 225 Å². The van der Waals surface area contributed by atoms with E-state index in [2.05, 4.69) is 41.5 Å². The maximum Gasteiger partial charge on any atom is 0.472 e. The van der Waals surface area contributed by atoms with Gasteiger partial charge in [0.05, 0.1) is 26.4 Å². The second-order valence-electron chi connectivity index (χ2n) is 29.2. The predicted octanol–water partition coefficient (Wildman–Crippen LogP) is 23.5. The molecule has 0 fully saturated rings. The smallest absolute Gasteiger partial charge is 0.462 e. The van der Waals surface area contributed by atoms with Crippen LogP contribution in [0.1, 0.15) is 414 Å². The molecule has 0 aliphatic carbocycles. The first-order valence-corrected chi connectivity index (χ1v) is 44.0. The Morgan fingerprint density at radius 2 is 0.520 bits per heavy atom. The number of ether oxygens (including phenoxy) is 4. The Labute approximate surface area is 600 Å². The summed E-state index contributed by atoms with van der Waals surface area (Å²) in [6, 6.07) is 0. The molecule has 0 aromatic heterocycles. The maximum absolute atomic E-state index is 13.1. The van der Waals surface area contributed by atoms with E-state index >= 15 is 0 Å². The van der Waals surface area contributed by atoms with Crippen LogP contribution in [0.5, 0.6) is 0 Å². The molecular weight excluding hydrogens is 1280 g/mol. The molecule has 0 heterocycles. The highest BCUT2D eigenvalue weighted by molar-refractivity contribution is 7.47. The van der Waals surface area contributed by atoms with Crippen molar-refractivity contribution in [2.45, 2.75) is 432 Å². The number of hydrogen-bond donors (Lipinski definition) is 3. The molecule has 3 N–H and O–H groups in total. The minimum absolute atomic E-state index is 0.107. The van der Waals surface area contributed by atoms with E-state index in [9.17, 15) is 43.2 Å². The van der Waals surface area contributed by atoms with Crippen LogP contribution < -0.4 is 0 Å². The van der Waals surface area contributed by atoms with Crippen LogP contribution >= 0.6 is 15.6 Å². The molecule has 0 aromatic carbocycles. The van der Waals surface area contributed by atoms with Gasteiger partial charge in [-0.1, -0.05) is 363 Å². The minimum atomic E-state index is -4.96. The zero-order chi connectivity index (χ0) is 72.1. The van der Waals surface area contributed by atoms with Gasteiger partial charge in [-0.15, -0.1) is 0 Å². The van der Waals surface area contributed by atoms with Crippen molar-refractivity contribution < 1.29 is 80.2 Å². The van der Waals surface area contributed by atoms with Gasteiger partial charge in [0.1, 0.15) is 19.3 Å². The molecule has 582 valence electrons. The molecule has 0 saturated heterocycles. The fourth-order valence-corrected chi connectivity index (χ4v) is 13.7. The quantitative estimate of drug-likeness (QED) is 0.0222. The number of aliphatic hydroxyl groups is 1. The lowest BCUT2D eigenvalue weighted by Gasteiger charge is -2.21. The minimum Gasteiger partial charge on any atom is -0.462 e. The highest BCUT2D eigenvalue weighted by atomic mass is 31.2. The van der Waals surface area contributed by atoms with Gasteiger partial charge in [-0.25, -0.2) is 9.13 Å². The largest absolute Gasteiger partial charge is 0.472 e. The van der Waals surface area contributed by atoms with Crippen LogP contribution in [-0.4, -0.2) is 96.7 Å². The van der Waals surface area contributed by atoms with E-state index < -0.39 is 97.5 Å². The van der Waals surface area contributed by atoms with Gasteiger partial charge in [0.15, 0.2) is 12.2 Å². The molecule has 98 heavy (non-hydrogen) atoms. The number of rotatable bonds is 78. The third kappa shape index (κ3) is 71.1. The summed E-state index contributed by atoms with van der Waals surface area (Å²) in [6.45, 7) is 9.60. The van der Waals surface area contributed by atoms with Crippen molar-refractivity contribution in [3.8, 4) is 0 Å². The monoisotopic (exact) mass is 1440 g/mol. The lowest BCUT2D eigenvalue weighted by Crippen LogP contribution is -2.30. The average molecular weight is 1440 g/mol. The van der Waals surface area contributed by atoms with E-state index in [0.29, 0.717) is 31.6 Å². The first-order valence-electron chi connectivity index (χ1n) is 41.0. The Morgan fingerprint density at radius 3 is 0.776 bits per heavy atom. The van der Waals surface area contributed by atoms with Crippen molar-refractivity contribution in [1.29, 1.82) is 0 Å². The molecule has 0 amide bonds. The number of esters is 4. The summed E-state index contributed by atoms with van der Waals surface area (Å²) < 4.78 is 68.6. The third-order valence-electron chi connectivity index (χ3n) is 18.8. The molecule has 6 atom stereocenters. The fraction of sp³-hybridized carbons (Fsp3) is 0.949. The van der Waals surface area contributed by atoms with E-state index in [1.54, 1.807) is 0 Å². The van der Waals surface area contributed by atoms with Crippen molar-refractivity contribution >= 4 is 39.5 Å². The summed E-state index contributed by atoms with van der Waals surface area (Å²) in [5, 5.41) is 10.6. The number of carbonyl (C=O) groups excluding carboxylic acids is 4. The van der Waals surface area contributed by atoms with Gasteiger partial charge in [0.25, 0.3) is 0 Å². The van der Waals surface area contributed by atoms with Crippen LogP contribution in [0.25, 0.3) is 0 Å². The number of unbranched alkanes of at least 4 members (excludes halogenated alkanes) is 47. The molecule has 3 unspecified atom stereocenters.